The maximum atomic E-state index is 12.9. The molecule has 0 heterocycles. The molecule has 0 fully saturated rings. The van der Waals surface area contributed by atoms with Crippen LogP contribution in [0.1, 0.15) is 12.5 Å². The molecule has 0 saturated carbocycles. The lowest BCUT2D eigenvalue weighted by atomic mass is 10.2. The predicted molar refractivity (Wildman–Crippen MR) is 91.3 cm³/mol. The van der Waals surface area contributed by atoms with Gasteiger partial charge in [0.2, 0.25) is 15.9 Å². The van der Waals surface area contributed by atoms with Gasteiger partial charge in [-0.1, -0.05) is 11.6 Å². The van der Waals surface area contributed by atoms with Crippen molar-refractivity contribution in [3.63, 3.8) is 0 Å². The Morgan fingerprint density at radius 2 is 1.70 bits per heavy atom. The Kier molecular flexibility index (Phi) is 6.13. The number of anilines is 1. The van der Waals surface area contributed by atoms with Crippen molar-refractivity contribution in [1.82, 2.24) is 4.72 Å². The Balaban J connectivity index is 2.13. The molecular formula is C16H13ClF4N2O3S. The van der Waals surface area contributed by atoms with E-state index in [9.17, 15) is 30.8 Å². The Hall–Kier alpha value is -2.17. The minimum Gasteiger partial charge on any atom is -0.325 e. The van der Waals surface area contributed by atoms with Crippen molar-refractivity contribution in [1.29, 1.82) is 0 Å². The summed E-state index contributed by atoms with van der Waals surface area (Å²) in [5.74, 6) is -1.53. The summed E-state index contributed by atoms with van der Waals surface area (Å²) in [6.45, 7) is 1.21. The first-order chi connectivity index (χ1) is 12.4. The fourth-order valence-electron chi connectivity index (χ4n) is 2.04. The Bertz CT molecular complexity index is 947. The van der Waals surface area contributed by atoms with Crippen LogP contribution in [0.2, 0.25) is 5.02 Å². The van der Waals surface area contributed by atoms with Crippen LogP contribution >= 0.6 is 11.6 Å². The van der Waals surface area contributed by atoms with Crippen molar-refractivity contribution < 1.29 is 30.8 Å². The van der Waals surface area contributed by atoms with E-state index in [4.69, 9.17) is 11.6 Å². The molecule has 0 unspecified atom stereocenters. The molecule has 0 aliphatic heterocycles. The molecule has 1 atom stereocenters. The summed E-state index contributed by atoms with van der Waals surface area (Å²) in [5, 5.41) is 1.64. The van der Waals surface area contributed by atoms with E-state index in [0.29, 0.717) is 6.07 Å². The van der Waals surface area contributed by atoms with Crippen LogP contribution in [0, 0.1) is 5.82 Å². The monoisotopic (exact) mass is 424 g/mol. The van der Waals surface area contributed by atoms with E-state index in [0.717, 1.165) is 36.4 Å². The van der Waals surface area contributed by atoms with E-state index in [1.807, 2.05) is 0 Å². The van der Waals surface area contributed by atoms with E-state index >= 15 is 0 Å². The minimum absolute atomic E-state index is 0.204. The van der Waals surface area contributed by atoms with E-state index in [2.05, 4.69) is 10.0 Å². The number of nitrogens with one attached hydrogen (secondary N) is 2. The number of amides is 1. The third-order valence-electron chi connectivity index (χ3n) is 3.39. The summed E-state index contributed by atoms with van der Waals surface area (Å²) in [5.41, 5.74) is -1.34. The van der Waals surface area contributed by atoms with Crippen LogP contribution in [0.5, 0.6) is 0 Å². The van der Waals surface area contributed by atoms with Gasteiger partial charge >= 0.3 is 6.18 Å². The van der Waals surface area contributed by atoms with Gasteiger partial charge in [0, 0.05) is 5.69 Å². The SMILES string of the molecule is C[C@@H](NS(=O)(=O)c1ccc(F)cc1)C(=O)Nc1ccc(Cl)c(C(F)(F)F)c1. The first-order valence-electron chi connectivity index (χ1n) is 7.35. The van der Waals surface area contributed by atoms with E-state index in [-0.39, 0.29) is 10.6 Å². The summed E-state index contributed by atoms with van der Waals surface area (Å²) in [7, 11) is -4.13. The van der Waals surface area contributed by atoms with Gasteiger partial charge in [0.1, 0.15) is 5.82 Å². The number of carbonyl (C=O) groups excluding carboxylic acids is 1. The molecule has 0 bridgehead atoms. The van der Waals surface area contributed by atoms with Crippen LogP contribution < -0.4 is 10.0 Å². The van der Waals surface area contributed by atoms with Crippen LogP contribution in [0.15, 0.2) is 47.4 Å². The average molecular weight is 425 g/mol. The normalized spacial score (nSPS) is 13.3. The smallest absolute Gasteiger partial charge is 0.325 e. The average Bonchev–Trinajstić information content (AvgIpc) is 2.55. The molecule has 0 aliphatic carbocycles. The third kappa shape index (κ3) is 5.41. The number of carbonyl (C=O) groups is 1. The lowest BCUT2D eigenvalue weighted by Gasteiger charge is -2.16. The highest BCUT2D eigenvalue weighted by molar-refractivity contribution is 7.89. The number of benzene rings is 2. The van der Waals surface area contributed by atoms with Gasteiger partial charge in [-0.05, 0) is 49.4 Å². The van der Waals surface area contributed by atoms with Gasteiger partial charge in [-0.3, -0.25) is 4.79 Å². The van der Waals surface area contributed by atoms with Gasteiger partial charge < -0.3 is 5.32 Å². The number of hydrogen-bond acceptors (Lipinski definition) is 3. The molecule has 5 nitrogen and oxygen atoms in total. The molecule has 2 aromatic carbocycles. The molecule has 2 rings (SSSR count). The van der Waals surface area contributed by atoms with Gasteiger partial charge in [0.25, 0.3) is 0 Å². The maximum absolute atomic E-state index is 12.9. The molecule has 1 amide bonds. The van der Waals surface area contributed by atoms with E-state index in [1.54, 1.807) is 0 Å². The van der Waals surface area contributed by atoms with Crippen LogP contribution in [0.25, 0.3) is 0 Å². The second kappa shape index (κ2) is 7.83. The minimum atomic E-state index is -4.71. The molecular weight excluding hydrogens is 412 g/mol. The van der Waals surface area contributed by atoms with Crippen LogP contribution in [-0.2, 0) is 21.0 Å². The molecule has 0 radical (unpaired) electrons. The number of sulfonamides is 1. The van der Waals surface area contributed by atoms with Gasteiger partial charge in [-0.25, -0.2) is 12.8 Å². The van der Waals surface area contributed by atoms with E-state index in [1.165, 1.54) is 6.92 Å². The summed E-state index contributed by atoms with van der Waals surface area (Å²) in [6.07, 6.45) is -4.71. The highest BCUT2D eigenvalue weighted by atomic mass is 35.5. The number of rotatable bonds is 5. The van der Waals surface area contributed by atoms with E-state index < -0.39 is 44.6 Å². The predicted octanol–water partition coefficient (Wildman–Crippen LogP) is 3.80. The Labute approximate surface area is 157 Å². The number of alkyl halides is 3. The molecule has 146 valence electrons. The van der Waals surface area contributed by atoms with Crippen molar-refractivity contribution in [2.75, 3.05) is 5.32 Å². The molecule has 0 aliphatic rings. The zero-order valence-corrected chi connectivity index (χ0v) is 15.2. The third-order valence-corrected chi connectivity index (χ3v) is 5.27. The molecule has 2 N–H and O–H groups in total. The van der Waals surface area contributed by atoms with Crippen molar-refractivity contribution in [2.24, 2.45) is 0 Å². The molecule has 27 heavy (non-hydrogen) atoms. The molecule has 0 saturated heterocycles. The summed E-state index contributed by atoms with van der Waals surface area (Å²) in [4.78, 5) is 11.8. The Morgan fingerprint density at radius 3 is 2.26 bits per heavy atom. The highest BCUT2D eigenvalue weighted by Crippen LogP contribution is 2.36. The number of halogens is 5. The quantitative estimate of drug-likeness (QED) is 0.717. The highest BCUT2D eigenvalue weighted by Gasteiger charge is 2.33. The molecule has 2 aromatic rings. The lowest BCUT2D eigenvalue weighted by molar-refractivity contribution is -0.137. The lowest BCUT2D eigenvalue weighted by Crippen LogP contribution is -2.41. The van der Waals surface area contributed by atoms with Crippen molar-refractivity contribution >= 4 is 33.2 Å². The standard InChI is InChI=1S/C16H13ClF4N2O3S/c1-9(23-27(25,26)12-5-2-10(18)3-6-12)15(24)22-11-4-7-14(17)13(8-11)16(19,20)21/h2-9,23H,1H3,(H,22,24)/t9-/m1/s1. The van der Waals surface area contributed by atoms with Crippen LogP contribution in [0.3, 0.4) is 0 Å². The summed E-state index contributed by atoms with van der Waals surface area (Å²) < 4.78 is 77.8. The first kappa shape index (κ1) is 21.1. The van der Waals surface area contributed by atoms with Gasteiger partial charge in [-0.15, -0.1) is 0 Å². The van der Waals surface area contributed by atoms with Crippen LogP contribution in [0.4, 0.5) is 23.2 Å². The first-order valence-corrected chi connectivity index (χ1v) is 9.22. The largest absolute Gasteiger partial charge is 0.417 e. The maximum Gasteiger partial charge on any atom is 0.417 e. The fraction of sp³-hybridized carbons (Fsp3) is 0.188. The van der Waals surface area contributed by atoms with Crippen molar-refractivity contribution in [3.05, 3.63) is 58.9 Å². The van der Waals surface area contributed by atoms with Gasteiger partial charge in [0.15, 0.2) is 0 Å². The topological polar surface area (TPSA) is 75.3 Å². The summed E-state index contributed by atoms with van der Waals surface area (Å²) >= 11 is 5.49. The van der Waals surface area contributed by atoms with Gasteiger partial charge in [-0.2, -0.15) is 17.9 Å². The fourth-order valence-corrected chi connectivity index (χ4v) is 3.47. The Morgan fingerprint density at radius 1 is 1.11 bits per heavy atom. The molecule has 0 spiro atoms. The van der Waals surface area contributed by atoms with Crippen molar-refractivity contribution in [2.45, 2.75) is 24.0 Å². The summed E-state index contributed by atoms with van der Waals surface area (Å²) in [6, 6.07) is 5.34. The van der Waals surface area contributed by atoms with Gasteiger partial charge in [0.05, 0.1) is 21.5 Å². The zero-order chi connectivity index (χ0) is 20.4. The second-order valence-corrected chi connectivity index (χ2v) is 7.60. The number of hydrogen-bond donors (Lipinski definition) is 2. The molecule has 0 aromatic heterocycles. The zero-order valence-electron chi connectivity index (χ0n) is 13.6. The van der Waals surface area contributed by atoms with Crippen molar-refractivity contribution in [3.8, 4) is 0 Å². The molecule has 11 heteroatoms. The second-order valence-electron chi connectivity index (χ2n) is 5.48. The van der Waals surface area contributed by atoms with Crippen LogP contribution in [-0.4, -0.2) is 20.4 Å².